The average Bonchev–Trinajstić information content (AvgIpc) is 2.88. The van der Waals surface area contributed by atoms with Crippen LogP contribution in [-0.2, 0) is 12.6 Å². The van der Waals surface area contributed by atoms with E-state index in [-0.39, 0.29) is 6.04 Å². The van der Waals surface area contributed by atoms with Crippen molar-refractivity contribution in [1.29, 1.82) is 0 Å². The number of benzene rings is 1. The Kier molecular flexibility index (Phi) is 4.39. The first-order valence-corrected chi connectivity index (χ1v) is 6.71. The Morgan fingerprint density at radius 3 is 2.65 bits per heavy atom. The van der Waals surface area contributed by atoms with Gasteiger partial charge in [-0.1, -0.05) is 6.07 Å². The number of rotatable bonds is 4. The minimum Gasteiger partial charge on any atom is -0.313 e. The standard InChI is InChI=1S/C13H12F4N2S/c1-18-12(5-9-6-19-7-20-9)8-2-3-11(14)10(4-8)13(15,16)17/h2-4,6-7,12,18H,5H2,1H3. The first-order chi connectivity index (χ1) is 9.41. The number of likely N-dealkylation sites (N-methyl/N-ethyl adjacent to an activating group) is 1. The Labute approximate surface area is 117 Å². The number of nitrogens with zero attached hydrogens (tertiary/aromatic N) is 1. The number of halogens is 4. The molecule has 1 N–H and O–H groups in total. The van der Waals surface area contributed by atoms with Gasteiger partial charge in [0, 0.05) is 23.5 Å². The van der Waals surface area contributed by atoms with Gasteiger partial charge in [0.05, 0.1) is 11.1 Å². The van der Waals surface area contributed by atoms with Crippen molar-refractivity contribution in [1.82, 2.24) is 10.3 Å². The third-order valence-electron chi connectivity index (χ3n) is 2.94. The summed E-state index contributed by atoms with van der Waals surface area (Å²) in [7, 11) is 1.66. The van der Waals surface area contributed by atoms with Crippen molar-refractivity contribution in [3.8, 4) is 0 Å². The molecule has 1 heterocycles. The molecule has 7 heteroatoms. The molecule has 0 aliphatic carbocycles. The van der Waals surface area contributed by atoms with Gasteiger partial charge in [-0.15, -0.1) is 11.3 Å². The van der Waals surface area contributed by atoms with Crippen LogP contribution in [0.2, 0.25) is 0 Å². The van der Waals surface area contributed by atoms with Crippen LogP contribution in [0.1, 0.15) is 22.0 Å². The molecule has 0 bridgehead atoms. The minimum absolute atomic E-state index is 0.322. The topological polar surface area (TPSA) is 24.9 Å². The molecule has 1 atom stereocenters. The molecule has 1 aromatic carbocycles. The largest absolute Gasteiger partial charge is 0.419 e. The van der Waals surface area contributed by atoms with Gasteiger partial charge in [-0.2, -0.15) is 13.2 Å². The van der Waals surface area contributed by atoms with E-state index < -0.39 is 17.6 Å². The molecule has 0 saturated heterocycles. The highest BCUT2D eigenvalue weighted by molar-refractivity contribution is 7.09. The van der Waals surface area contributed by atoms with Crippen LogP contribution < -0.4 is 5.32 Å². The molecule has 108 valence electrons. The van der Waals surface area contributed by atoms with E-state index in [1.807, 2.05) is 0 Å². The number of hydrogen-bond acceptors (Lipinski definition) is 3. The minimum atomic E-state index is -4.69. The predicted octanol–water partition coefficient (Wildman–Crippen LogP) is 3.80. The fourth-order valence-electron chi connectivity index (χ4n) is 1.91. The maximum atomic E-state index is 13.3. The van der Waals surface area contributed by atoms with E-state index in [1.165, 1.54) is 17.4 Å². The molecular formula is C13H12F4N2S. The number of nitrogens with one attached hydrogen (secondary N) is 1. The van der Waals surface area contributed by atoms with E-state index in [0.717, 1.165) is 17.0 Å². The molecular weight excluding hydrogens is 292 g/mol. The highest BCUT2D eigenvalue weighted by atomic mass is 32.1. The van der Waals surface area contributed by atoms with Crippen molar-refractivity contribution >= 4 is 11.3 Å². The van der Waals surface area contributed by atoms with E-state index in [2.05, 4.69) is 10.3 Å². The normalized spacial score (nSPS) is 13.4. The van der Waals surface area contributed by atoms with Crippen molar-refractivity contribution in [2.45, 2.75) is 18.6 Å². The summed E-state index contributed by atoms with van der Waals surface area (Å²) in [5.74, 6) is -1.26. The van der Waals surface area contributed by atoms with Crippen molar-refractivity contribution in [3.05, 3.63) is 51.7 Å². The first kappa shape index (κ1) is 14.9. The Balaban J connectivity index is 2.30. The first-order valence-electron chi connectivity index (χ1n) is 5.83. The fraction of sp³-hybridized carbons (Fsp3) is 0.308. The lowest BCUT2D eigenvalue weighted by atomic mass is 10.0. The third kappa shape index (κ3) is 3.34. The molecule has 0 amide bonds. The van der Waals surface area contributed by atoms with E-state index in [4.69, 9.17) is 0 Å². The summed E-state index contributed by atoms with van der Waals surface area (Å²) in [6.07, 6.45) is -2.52. The molecule has 2 rings (SSSR count). The molecule has 0 fully saturated rings. The molecule has 0 aliphatic rings. The van der Waals surface area contributed by atoms with Gasteiger partial charge in [-0.05, 0) is 24.7 Å². The molecule has 1 aromatic heterocycles. The Morgan fingerprint density at radius 1 is 1.35 bits per heavy atom. The Hall–Kier alpha value is -1.47. The Bertz CT molecular complexity index is 566. The number of aromatic nitrogens is 1. The van der Waals surface area contributed by atoms with E-state index >= 15 is 0 Å². The molecule has 0 radical (unpaired) electrons. The second-order valence-corrected chi connectivity index (χ2v) is 5.22. The monoisotopic (exact) mass is 304 g/mol. The fourth-order valence-corrected chi connectivity index (χ4v) is 2.55. The van der Waals surface area contributed by atoms with Crippen LogP contribution in [0.15, 0.2) is 29.9 Å². The van der Waals surface area contributed by atoms with Gasteiger partial charge >= 0.3 is 6.18 Å². The van der Waals surface area contributed by atoms with Gasteiger partial charge in [0.15, 0.2) is 0 Å². The van der Waals surface area contributed by atoms with Crippen molar-refractivity contribution < 1.29 is 17.6 Å². The molecule has 0 aliphatic heterocycles. The van der Waals surface area contributed by atoms with Gasteiger partial charge in [-0.25, -0.2) is 4.39 Å². The summed E-state index contributed by atoms with van der Waals surface area (Å²) in [4.78, 5) is 4.87. The highest BCUT2D eigenvalue weighted by Crippen LogP contribution is 2.33. The summed E-state index contributed by atoms with van der Waals surface area (Å²) in [5, 5.41) is 2.94. The van der Waals surface area contributed by atoms with Gasteiger partial charge in [-0.3, -0.25) is 4.98 Å². The van der Waals surface area contributed by atoms with Crippen LogP contribution in [0.4, 0.5) is 17.6 Å². The van der Waals surface area contributed by atoms with Gasteiger partial charge in [0.25, 0.3) is 0 Å². The summed E-state index contributed by atoms with van der Waals surface area (Å²) in [5.41, 5.74) is 0.822. The van der Waals surface area contributed by atoms with Gasteiger partial charge in [0.1, 0.15) is 5.82 Å². The SMILES string of the molecule is CNC(Cc1cncs1)c1ccc(F)c(C(F)(F)F)c1. The average molecular weight is 304 g/mol. The van der Waals surface area contributed by atoms with E-state index in [9.17, 15) is 17.6 Å². The quantitative estimate of drug-likeness (QED) is 0.869. The zero-order valence-electron chi connectivity index (χ0n) is 10.5. The second kappa shape index (κ2) is 5.88. The molecule has 0 spiro atoms. The number of thiazole rings is 1. The van der Waals surface area contributed by atoms with Gasteiger partial charge in [0.2, 0.25) is 0 Å². The summed E-state index contributed by atoms with van der Waals surface area (Å²) >= 11 is 1.43. The van der Waals surface area contributed by atoms with Crippen molar-refractivity contribution in [2.75, 3.05) is 7.05 Å². The summed E-state index contributed by atoms with van der Waals surface area (Å²) in [6.45, 7) is 0. The summed E-state index contributed by atoms with van der Waals surface area (Å²) in [6, 6.07) is 2.76. The van der Waals surface area contributed by atoms with Crippen LogP contribution in [0.5, 0.6) is 0 Å². The molecule has 1 unspecified atom stereocenters. The van der Waals surface area contributed by atoms with Crippen LogP contribution in [-0.4, -0.2) is 12.0 Å². The zero-order valence-corrected chi connectivity index (χ0v) is 11.4. The predicted molar refractivity (Wildman–Crippen MR) is 69.0 cm³/mol. The lowest BCUT2D eigenvalue weighted by Crippen LogP contribution is -2.19. The van der Waals surface area contributed by atoms with Crippen LogP contribution in [0.25, 0.3) is 0 Å². The maximum absolute atomic E-state index is 13.3. The van der Waals surface area contributed by atoms with E-state index in [1.54, 1.807) is 18.8 Å². The highest BCUT2D eigenvalue weighted by Gasteiger charge is 2.34. The van der Waals surface area contributed by atoms with Crippen LogP contribution >= 0.6 is 11.3 Å². The summed E-state index contributed by atoms with van der Waals surface area (Å²) < 4.78 is 51.4. The van der Waals surface area contributed by atoms with Crippen molar-refractivity contribution in [3.63, 3.8) is 0 Å². The molecule has 0 saturated carbocycles. The van der Waals surface area contributed by atoms with Crippen molar-refractivity contribution in [2.24, 2.45) is 0 Å². The molecule has 2 nitrogen and oxygen atoms in total. The van der Waals surface area contributed by atoms with Crippen LogP contribution in [0, 0.1) is 5.82 Å². The molecule has 2 aromatic rings. The second-order valence-electron chi connectivity index (χ2n) is 4.25. The Morgan fingerprint density at radius 2 is 2.10 bits per heavy atom. The van der Waals surface area contributed by atoms with Gasteiger partial charge < -0.3 is 5.32 Å². The maximum Gasteiger partial charge on any atom is 0.419 e. The van der Waals surface area contributed by atoms with E-state index in [0.29, 0.717) is 12.0 Å². The third-order valence-corrected chi connectivity index (χ3v) is 3.74. The number of alkyl halides is 3. The smallest absolute Gasteiger partial charge is 0.313 e. The zero-order chi connectivity index (χ0) is 14.8. The lowest BCUT2D eigenvalue weighted by molar-refractivity contribution is -0.140. The molecule has 20 heavy (non-hydrogen) atoms. The number of hydrogen-bond donors (Lipinski definition) is 1. The van der Waals surface area contributed by atoms with Crippen LogP contribution in [0.3, 0.4) is 0 Å². The lowest BCUT2D eigenvalue weighted by Gasteiger charge is -2.18.